The Balaban J connectivity index is 2.79. The maximum Gasteiger partial charge on any atom is 0.344 e. The van der Waals surface area contributed by atoms with Crippen molar-refractivity contribution < 1.29 is 14.3 Å². The van der Waals surface area contributed by atoms with Gasteiger partial charge in [-0.15, -0.1) is 0 Å². The minimum atomic E-state index is -0.434. The third-order valence-corrected chi connectivity index (χ3v) is 2.65. The van der Waals surface area contributed by atoms with E-state index in [1.165, 1.54) is 0 Å². The molecule has 0 radical (unpaired) electrons. The molecule has 1 aromatic rings. The molecule has 0 amide bonds. The van der Waals surface area contributed by atoms with Crippen molar-refractivity contribution in [2.45, 2.75) is 26.5 Å². The molecule has 0 atom stereocenters. The van der Waals surface area contributed by atoms with Crippen molar-refractivity contribution in [3.05, 3.63) is 27.7 Å². The SMILES string of the molecule is CNCc1cc(Cl)cc(Cl)c1OCC(=O)OC(C)C. The van der Waals surface area contributed by atoms with Gasteiger partial charge in [0.15, 0.2) is 6.61 Å². The highest BCUT2D eigenvalue weighted by Crippen LogP contribution is 2.32. The van der Waals surface area contributed by atoms with Gasteiger partial charge in [-0.05, 0) is 33.0 Å². The van der Waals surface area contributed by atoms with E-state index in [4.69, 9.17) is 32.7 Å². The molecule has 0 aliphatic heterocycles. The number of rotatable bonds is 6. The predicted molar refractivity (Wildman–Crippen MR) is 75.9 cm³/mol. The van der Waals surface area contributed by atoms with Crippen LogP contribution in [0.4, 0.5) is 0 Å². The average molecular weight is 306 g/mol. The van der Waals surface area contributed by atoms with Crippen LogP contribution in [0.25, 0.3) is 0 Å². The summed E-state index contributed by atoms with van der Waals surface area (Å²) in [6, 6.07) is 3.32. The van der Waals surface area contributed by atoms with Crippen LogP contribution >= 0.6 is 23.2 Å². The largest absolute Gasteiger partial charge is 0.480 e. The lowest BCUT2D eigenvalue weighted by Gasteiger charge is -2.14. The van der Waals surface area contributed by atoms with Crippen molar-refractivity contribution in [3.8, 4) is 5.75 Å². The first-order valence-electron chi connectivity index (χ1n) is 5.88. The first-order valence-corrected chi connectivity index (χ1v) is 6.64. The Morgan fingerprint density at radius 2 is 2.05 bits per heavy atom. The Morgan fingerprint density at radius 3 is 2.63 bits per heavy atom. The highest BCUT2D eigenvalue weighted by atomic mass is 35.5. The lowest BCUT2D eigenvalue weighted by atomic mass is 10.2. The predicted octanol–water partition coefficient (Wildman–Crippen LogP) is 3.04. The second kappa shape index (κ2) is 7.58. The van der Waals surface area contributed by atoms with Crippen molar-refractivity contribution >= 4 is 29.2 Å². The molecule has 0 aromatic heterocycles. The number of halogens is 2. The summed E-state index contributed by atoms with van der Waals surface area (Å²) in [6.45, 7) is 3.91. The molecule has 6 heteroatoms. The summed E-state index contributed by atoms with van der Waals surface area (Å²) in [5, 5.41) is 3.88. The molecule has 4 nitrogen and oxygen atoms in total. The lowest BCUT2D eigenvalue weighted by Crippen LogP contribution is -2.19. The van der Waals surface area contributed by atoms with E-state index in [0.717, 1.165) is 5.56 Å². The van der Waals surface area contributed by atoms with Crippen LogP contribution in [0.3, 0.4) is 0 Å². The summed E-state index contributed by atoms with van der Waals surface area (Å²) in [4.78, 5) is 11.4. The number of carbonyl (C=O) groups is 1. The standard InChI is InChI=1S/C13H17Cl2NO3/c1-8(2)19-12(17)7-18-13-9(6-16-3)4-10(14)5-11(13)15/h4-5,8,16H,6-7H2,1-3H3. The molecule has 19 heavy (non-hydrogen) atoms. The molecule has 0 saturated carbocycles. The fourth-order valence-corrected chi connectivity index (χ4v) is 2.12. The Bertz CT molecular complexity index is 450. The van der Waals surface area contributed by atoms with Gasteiger partial charge >= 0.3 is 5.97 Å². The van der Waals surface area contributed by atoms with E-state index in [9.17, 15) is 4.79 Å². The van der Waals surface area contributed by atoms with Gasteiger partial charge in [-0.3, -0.25) is 0 Å². The molecule has 0 aliphatic rings. The Kier molecular flexibility index (Phi) is 6.42. The molecule has 1 aromatic carbocycles. The van der Waals surface area contributed by atoms with Crippen LogP contribution in [0.5, 0.6) is 5.75 Å². The van der Waals surface area contributed by atoms with Gasteiger partial charge in [0.05, 0.1) is 11.1 Å². The van der Waals surface area contributed by atoms with Crippen LogP contribution in [0, 0.1) is 0 Å². The van der Waals surface area contributed by atoms with E-state index in [1.807, 2.05) is 0 Å². The number of hydrogen-bond acceptors (Lipinski definition) is 4. The molecular weight excluding hydrogens is 289 g/mol. The Labute approximate surface area is 123 Å². The van der Waals surface area contributed by atoms with Gasteiger partial charge < -0.3 is 14.8 Å². The number of hydrogen-bond donors (Lipinski definition) is 1. The number of ether oxygens (including phenoxy) is 2. The minimum Gasteiger partial charge on any atom is -0.480 e. The van der Waals surface area contributed by atoms with Gasteiger partial charge in [-0.1, -0.05) is 23.2 Å². The summed E-state index contributed by atoms with van der Waals surface area (Å²) < 4.78 is 10.4. The fraction of sp³-hybridized carbons (Fsp3) is 0.462. The van der Waals surface area contributed by atoms with Crippen molar-refractivity contribution in [2.75, 3.05) is 13.7 Å². The number of carbonyl (C=O) groups excluding carboxylic acids is 1. The Morgan fingerprint density at radius 1 is 1.37 bits per heavy atom. The zero-order chi connectivity index (χ0) is 14.4. The first-order chi connectivity index (χ1) is 8.93. The Hall–Kier alpha value is -0.970. The van der Waals surface area contributed by atoms with Crippen LogP contribution < -0.4 is 10.1 Å². The molecule has 0 spiro atoms. The molecular formula is C13H17Cl2NO3. The molecule has 0 fully saturated rings. The number of nitrogens with one attached hydrogen (secondary N) is 1. The van der Waals surface area contributed by atoms with Gasteiger partial charge in [-0.2, -0.15) is 0 Å². The molecule has 0 aliphatic carbocycles. The second-order valence-electron chi connectivity index (χ2n) is 4.23. The van der Waals surface area contributed by atoms with Gasteiger partial charge in [0.2, 0.25) is 0 Å². The van der Waals surface area contributed by atoms with E-state index in [2.05, 4.69) is 5.32 Å². The zero-order valence-corrected chi connectivity index (χ0v) is 12.6. The first kappa shape index (κ1) is 16.1. The van der Waals surface area contributed by atoms with Crippen molar-refractivity contribution in [2.24, 2.45) is 0 Å². The monoisotopic (exact) mass is 305 g/mol. The maximum absolute atomic E-state index is 11.4. The zero-order valence-electron chi connectivity index (χ0n) is 11.1. The van der Waals surface area contributed by atoms with Gasteiger partial charge in [0.1, 0.15) is 5.75 Å². The molecule has 0 heterocycles. The third kappa shape index (κ3) is 5.27. The highest BCUT2D eigenvalue weighted by Gasteiger charge is 2.13. The van der Waals surface area contributed by atoms with Crippen LogP contribution in [0.2, 0.25) is 10.0 Å². The smallest absolute Gasteiger partial charge is 0.344 e. The number of benzene rings is 1. The normalized spacial score (nSPS) is 10.6. The van der Waals surface area contributed by atoms with Gasteiger partial charge in [-0.25, -0.2) is 4.79 Å². The maximum atomic E-state index is 11.4. The van der Waals surface area contributed by atoms with Gasteiger partial charge in [0.25, 0.3) is 0 Å². The minimum absolute atomic E-state index is 0.173. The number of esters is 1. The van der Waals surface area contributed by atoms with Crippen LogP contribution in [0.1, 0.15) is 19.4 Å². The highest BCUT2D eigenvalue weighted by molar-refractivity contribution is 6.35. The van der Waals surface area contributed by atoms with Crippen LogP contribution in [-0.2, 0) is 16.1 Å². The van der Waals surface area contributed by atoms with E-state index < -0.39 is 5.97 Å². The summed E-state index contributed by atoms with van der Waals surface area (Å²) >= 11 is 12.0. The quantitative estimate of drug-likeness (QED) is 0.821. The summed E-state index contributed by atoms with van der Waals surface area (Å²) in [7, 11) is 1.80. The summed E-state index contributed by atoms with van der Waals surface area (Å²) in [5.41, 5.74) is 0.789. The van der Waals surface area contributed by atoms with Crippen molar-refractivity contribution in [3.63, 3.8) is 0 Å². The van der Waals surface area contributed by atoms with E-state index >= 15 is 0 Å². The topological polar surface area (TPSA) is 47.6 Å². The lowest BCUT2D eigenvalue weighted by molar-refractivity contribution is -0.149. The molecule has 106 valence electrons. The second-order valence-corrected chi connectivity index (χ2v) is 5.08. The van der Waals surface area contributed by atoms with Crippen molar-refractivity contribution in [1.82, 2.24) is 5.32 Å². The van der Waals surface area contributed by atoms with E-state index in [-0.39, 0.29) is 12.7 Å². The van der Waals surface area contributed by atoms with Crippen LogP contribution in [-0.4, -0.2) is 25.7 Å². The molecule has 0 bridgehead atoms. The summed E-state index contributed by atoms with van der Waals surface area (Å²) in [5.74, 6) is 0.0116. The molecule has 0 unspecified atom stereocenters. The summed E-state index contributed by atoms with van der Waals surface area (Å²) in [6.07, 6.45) is -0.173. The average Bonchev–Trinajstić information content (AvgIpc) is 2.26. The van der Waals surface area contributed by atoms with Crippen LogP contribution in [0.15, 0.2) is 12.1 Å². The van der Waals surface area contributed by atoms with Crippen molar-refractivity contribution in [1.29, 1.82) is 0 Å². The van der Waals surface area contributed by atoms with E-state index in [0.29, 0.717) is 22.3 Å². The molecule has 0 saturated heterocycles. The van der Waals surface area contributed by atoms with Gasteiger partial charge in [0, 0.05) is 17.1 Å². The van der Waals surface area contributed by atoms with E-state index in [1.54, 1.807) is 33.0 Å². The third-order valence-electron chi connectivity index (χ3n) is 2.15. The fourth-order valence-electron chi connectivity index (χ4n) is 1.53. The molecule has 1 rings (SSSR count). The molecule has 1 N–H and O–H groups in total.